The van der Waals surface area contributed by atoms with Crippen LogP contribution in [0.4, 0.5) is 8.78 Å². The van der Waals surface area contributed by atoms with Crippen LogP contribution in [0.25, 0.3) is 0 Å². The zero-order chi connectivity index (χ0) is 14.5. The zero-order valence-corrected chi connectivity index (χ0v) is 12.4. The minimum Gasteiger partial charge on any atom is -0.488 e. The van der Waals surface area contributed by atoms with Crippen molar-refractivity contribution in [1.82, 2.24) is 0 Å². The van der Waals surface area contributed by atoms with Gasteiger partial charge in [-0.15, -0.1) is 0 Å². The predicted octanol–water partition coefficient (Wildman–Crippen LogP) is 4.94. The van der Waals surface area contributed by atoms with Crippen molar-refractivity contribution >= 4 is 15.9 Å². The first-order valence-corrected chi connectivity index (χ1v) is 6.77. The van der Waals surface area contributed by atoms with Gasteiger partial charge in [0.05, 0.1) is 4.47 Å². The summed E-state index contributed by atoms with van der Waals surface area (Å²) in [6, 6.07) is 12.6. The molecule has 0 atom stereocenters. The van der Waals surface area contributed by atoms with Gasteiger partial charge in [0.25, 0.3) is 0 Å². The predicted molar refractivity (Wildman–Crippen MR) is 76.3 cm³/mol. The van der Waals surface area contributed by atoms with Crippen LogP contribution < -0.4 is 9.47 Å². The Morgan fingerprint density at radius 2 is 1.85 bits per heavy atom. The second kappa shape index (κ2) is 6.70. The quantitative estimate of drug-likeness (QED) is 0.766. The smallest absolute Gasteiger partial charge is 0.387 e. The fourth-order valence-electron chi connectivity index (χ4n) is 1.72. The number of halogens is 3. The lowest BCUT2D eigenvalue weighted by molar-refractivity contribution is -0.0499. The molecule has 2 aromatic rings. The lowest BCUT2D eigenvalue weighted by Gasteiger charge is -2.13. The normalized spacial score (nSPS) is 10.7. The van der Waals surface area contributed by atoms with Gasteiger partial charge in [0, 0.05) is 6.07 Å². The van der Waals surface area contributed by atoms with Crippen LogP contribution in [0.2, 0.25) is 0 Å². The number of ether oxygens (including phenoxy) is 2. The maximum atomic E-state index is 12.3. The van der Waals surface area contributed by atoms with E-state index in [1.54, 1.807) is 6.92 Å². The van der Waals surface area contributed by atoms with Gasteiger partial charge in [-0.2, -0.15) is 8.78 Å². The summed E-state index contributed by atoms with van der Waals surface area (Å²) < 4.78 is 35.3. The van der Waals surface area contributed by atoms with E-state index in [0.29, 0.717) is 12.4 Å². The summed E-state index contributed by atoms with van der Waals surface area (Å²) in [5.74, 6) is 0.563. The van der Waals surface area contributed by atoms with Crippen LogP contribution in [0.15, 0.2) is 46.9 Å². The summed E-state index contributed by atoms with van der Waals surface area (Å²) in [7, 11) is 0. The van der Waals surface area contributed by atoms with Gasteiger partial charge in [0.1, 0.15) is 18.1 Å². The van der Waals surface area contributed by atoms with Crippen LogP contribution in [0, 0.1) is 6.92 Å². The van der Waals surface area contributed by atoms with Crippen LogP contribution in [0.3, 0.4) is 0 Å². The van der Waals surface area contributed by atoms with Crippen molar-refractivity contribution in [3.8, 4) is 11.5 Å². The van der Waals surface area contributed by atoms with E-state index in [9.17, 15) is 8.78 Å². The largest absolute Gasteiger partial charge is 0.488 e. The van der Waals surface area contributed by atoms with Gasteiger partial charge in [0.2, 0.25) is 0 Å². The summed E-state index contributed by atoms with van der Waals surface area (Å²) in [6.45, 7) is -0.702. The summed E-state index contributed by atoms with van der Waals surface area (Å²) in [5, 5.41) is 0. The summed E-state index contributed by atoms with van der Waals surface area (Å²) in [4.78, 5) is 0. The van der Waals surface area contributed by atoms with Gasteiger partial charge >= 0.3 is 6.61 Å². The molecule has 20 heavy (non-hydrogen) atoms. The first-order valence-electron chi connectivity index (χ1n) is 5.98. The maximum absolute atomic E-state index is 12.3. The molecule has 0 heterocycles. The Bertz CT molecular complexity index is 574. The van der Waals surface area contributed by atoms with Crippen molar-refractivity contribution in [1.29, 1.82) is 0 Å². The number of alkyl halides is 2. The van der Waals surface area contributed by atoms with E-state index in [4.69, 9.17) is 4.74 Å². The molecule has 0 saturated heterocycles. The molecule has 2 rings (SSSR count). The van der Waals surface area contributed by atoms with Crippen LogP contribution in [-0.2, 0) is 6.61 Å². The third kappa shape index (κ3) is 3.93. The summed E-state index contributed by atoms with van der Waals surface area (Å²) in [6.07, 6.45) is 0. The minimum atomic E-state index is -2.85. The first kappa shape index (κ1) is 14.8. The Morgan fingerprint density at radius 1 is 1.15 bits per heavy atom. The minimum absolute atomic E-state index is 0.0868. The molecule has 0 aromatic heterocycles. The fraction of sp³-hybridized carbons (Fsp3) is 0.200. The number of hydrogen-bond donors (Lipinski definition) is 0. The van der Waals surface area contributed by atoms with E-state index in [0.717, 1.165) is 15.6 Å². The highest BCUT2D eigenvalue weighted by atomic mass is 79.9. The molecule has 2 nitrogen and oxygen atoms in total. The van der Waals surface area contributed by atoms with Gasteiger partial charge in [-0.25, -0.2) is 0 Å². The van der Waals surface area contributed by atoms with E-state index in [-0.39, 0.29) is 5.75 Å². The van der Waals surface area contributed by atoms with Gasteiger partial charge in [0.15, 0.2) is 0 Å². The third-order valence-corrected chi connectivity index (χ3v) is 3.67. The molecule has 0 unspecified atom stereocenters. The third-order valence-electron chi connectivity index (χ3n) is 2.66. The molecule has 0 N–H and O–H groups in total. The van der Waals surface area contributed by atoms with Crippen molar-refractivity contribution in [3.05, 3.63) is 58.1 Å². The van der Waals surface area contributed by atoms with Crippen LogP contribution >= 0.6 is 15.9 Å². The van der Waals surface area contributed by atoms with Gasteiger partial charge in [-0.1, -0.05) is 30.3 Å². The lowest BCUT2D eigenvalue weighted by atomic mass is 10.2. The number of rotatable bonds is 5. The van der Waals surface area contributed by atoms with Crippen LogP contribution in [-0.4, -0.2) is 6.61 Å². The van der Waals surface area contributed by atoms with Crippen molar-refractivity contribution < 1.29 is 18.3 Å². The van der Waals surface area contributed by atoms with Crippen LogP contribution in [0.1, 0.15) is 11.1 Å². The van der Waals surface area contributed by atoms with Gasteiger partial charge < -0.3 is 9.47 Å². The highest BCUT2D eigenvalue weighted by Crippen LogP contribution is 2.34. The summed E-state index contributed by atoms with van der Waals surface area (Å²) in [5.41, 5.74) is 1.77. The molecular weight excluding hydrogens is 330 g/mol. The molecule has 0 fully saturated rings. The molecule has 0 aliphatic rings. The van der Waals surface area contributed by atoms with Crippen molar-refractivity contribution in [2.45, 2.75) is 20.1 Å². The van der Waals surface area contributed by atoms with E-state index in [1.807, 2.05) is 30.3 Å². The SMILES string of the molecule is Cc1cc(OC(F)F)cc(OCc2ccccc2)c1Br. The Labute approximate surface area is 124 Å². The van der Waals surface area contributed by atoms with Crippen LogP contribution in [0.5, 0.6) is 11.5 Å². The van der Waals surface area contributed by atoms with E-state index >= 15 is 0 Å². The molecule has 0 amide bonds. The summed E-state index contributed by atoms with van der Waals surface area (Å²) >= 11 is 3.39. The lowest BCUT2D eigenvalue weighted by Crippen LogP contribution is -2.03. The maximum Gasteiger partial charge on any atom is 0.387 e. The molecule has 0 aliphatic carbocycles. The number of hydrogen-bond acceptors (Lipinski definition) is 2. The van der Waals surface area contributed by atoms with Crippen molar-refractivity contribution in [2.24, 2.45) is 0 Å². The van der Waals surface area contributed by atoms with E-state index in [2.05, 4.69) is 20.7 Å². The van der Waals surface area contributed by atoms with Crippen molar-refractivity contribution in [2.75, 3.05) is 0 Å². The fourth-order valence-corrected chi connectivity index (χ4v) is 2.06. The molecule has 0 saturated carbocycles. The Balaban J connectivity index is 2.15. The van der Waals surface area contributed by atoms with Gasteiger partial charge in [-0.05, 0) is 40.0 Å². The standard InChI is InChI=1S/C15H13BrF2O2/c1-10-7-12(20-15(17)18)8-13(14(10)16)19-9-11-5-3-2-4-6-11/h2-8,15H,9H2,1H3. The van der Waals surface area contributed by atoms with E-state index in [1.165, 1.54) is 12.1 Å². The molecule has 0 aliphatic heterocycles. The first-order chi connectivity index (χ1) is 9.56. The average molecular weight is 343 g/mol. The number of benzene rings is 2. The highest BCUT2D eigenvalue weighted by Gasteiger charge is 2.11. The number of aryl methyl sites for hydroxylation is 1. The molecule has 2 aromatic carbocycles. The Kier molecular flexibility index (Phi) is 4.95. The monoisotopic (exact) mass is 342 g/mol. The topological polar surface area (TPSA) is 18.5 Å². The second-order valence-corrected chi connectivity index (χ2v) is 5.00. The molecule has 0 radical (unpaired) electrons. The van der Waals surface area contributed by atoms with Crippen molar-refractivity contribution in [3.63, 3.8) is 0 Å². The van der Waals surface area contributed by atoms with E-state index < -0.39 is 6.61 Å². The second-order valence-electron chi connectivity index (χ2n) is 4.21. The Morgan fingerprint density at radius 3 is 2.50 bits per heavy atom. The molecule has 5 heteroatoms. The molecule has 106 valence electrons. The Hall–Kier alpha value is -1.62. The van der Waals surface area contributed by atoms with Gasteiger partial charge in [-0.3, -0.25) is 0 Å². The molecule has 0 bridgehead atoms. The zero-order valence-electron chi connectivity index (χ0n) is 10.8. The molecule has 0 spiro atoms. The molecular formula is C15H13BrF2O2. The average Bonchev–Trinajstić information content (AvgIpc) is 2.41. The highest BCUT2D eigenvalue weighted by molar-refractivity contribution is 9.10.